The van der Waals surface area contributed by atoms with Crippen LogP contribution in [0, 0.1) is 5.82 Å². The van der Waals surface area contributed by atoms with Crippen molar-refractivity contribution in [1.82, 2.24) is 9.97 Å². The highest BCUT2D eigenvalue weighted by Gasteiger charge is 2.19. The summed E-state index contributed by atoms with van der Waals surface area (Å²) in [6, 6.07) is 5.88. The Morgan fingerprint density at radius 2 is 1.90 bits per heavy atom. The molecule has 0 aliphatic carbocycles. The van der Waals surface area contributed by atoms with Gasteiger partial charge in [-0.2, -0.15) is 4.98 Å². The summed E-state index contributed by atoms with van der Waals surface area (Å²) < 4.78 is 19.1. The molecule has 2 aromatic rings. The molecule has 2 rings (SSSR count). The first kappa shape index (κ1) is 15.2. The molecule has 0 amide bonds. The lowest BCUT2D eigenvalue weighted by Crippen LogP contribution is -2.16. The second-order valence-corrected chi connectivity index (χ2v) is 6.52. The Balaban J connectivity index is 2.33. The van der Waals surface area contributed by atoms with E-state index in [1.165, 1.54) is 24.3 Å². The molecule has 0 saturated carbocycles. The molecule has 0 aliphatic rings. The average molecular weight is 360 g/mol. The van der Waals surface area contributed by atoms with E-state index >= 15 is 0 Å². The lowest BCUT2D eigenvalue weighted by Gasteiger charge is -2.17. The lowest BCUT2D eigenvalue weighted by atomic mass is 9.96. The molecule has 0 atom stereocenters. The first-order valence-electron chi connectivity index (χ1n) is 5.94. The predicted octanol–water partition coefficient (Wildman–Crippen LogP) is 5.12. The molecule has 0 saturated heterocycles. The average Bonchev–Trinajstić information content (AvgIpc) is 2.32. The fourth-order valence-electron chi connectivity index (χ4n) is 1.45. The molecule has 0 fully saturated rings. The van der Waals surface area contributed by atoms with Gasteiger partial charge in [0.2, 0.25) is 5.88 Å². The molecule has 0 unspecified atom stereocenters. The maximum Gasteiger partial charge on any atom is 0.224 e. The molecule has 0 aliphatic heterocycles. The molecular weight excluding hydrogens is 347 g/mol. The number of rotatable bonds is 2. The van der Waals surface area contributed by atoms with Crippen molar-refractivity contribution in [2.24, 2.45) is 0 Å². The Bertz CT molecular complexity index is 644. The Morgan fingerprint density at radius 3 is 2.50 bits per heavy atom. The monoisotopic (exact) mass is 358 g/mol. The number of hydrogen-bond acceptors (Lipinski definition) is 3. The van der Waals surface area contributed by atoms with E-state index in [0.29, 0.717) is 27.1 Å². The van der Waals surface area contributed by atoms with E-state index < -0.39 is 0 Å². The van der Waals surface area contributed by atoms with Crippen molar-refractivity contribution in [3.05, 3.63) is 45.5 Å². The van der Waals surface area contributed by atoms with E-state index in [1.54, 1.807) is 0 Å². The second-order valence-electron chi connectivity index (χ2n) is 5.28. The van der Waals surface area contributed by atoms with Crippen molar-refractivity contribution >= 4 is 27.5 Å². The van der Waals surface area contributed by atoms with Gasteiger partial charge in [-0.15, -0.1) is 0 Å². The van der Waals surface area contributed by atoms with Gasteiger partial charge in [0.15, 0.2) is 0 Å². The molecule has 0 N–H and O–H groups in total. The third kappa shape index (κ3) is 3.67. The zero-order valence-corrected chi connectivity index (χ0v) is 13.6. The Morgan fingerprint density at radius 1 is 1.20 bits per heavy atom. The van der Waals surface area contributed by atoms with Crippen LogP contribution in [-0.2, 0) is 5.41 Å². The van der Waals surface area contributed by atoms with Gasteiger partial charge in [0, 0.05) is 11.5 Å². The first-order valence-corrected chi connectivity index (χ1v) is 7.11. The van der Waals surface area contributed by atoms with Crippen molar-refractivity contribution < 1.29 is 9.13 Å². The van der Waals surface area contributed by atoms with Crippen LogP contribution in [0.4, 0.5) is 4.39 Å². The fraction of sp³-hybridized carbons (Fsp3) is 0.286. The van der Waals surface area contributed by atoms with Crippen LogP contribution in [0.3, 0.4) is 0 Å². The Kier molecular flexibility index (Phi) is 4.30. The van der Waals surface area contributed by atoms with Gasteiger partial charge in [-0.25, -0.2) is 9.37 Å². The van der Waals surface area contributed by atoms with Crippen molar-refractivity contribution in [2.75, 3.05) is 0 Å². The van der Waals surface area contributed by atoms with E-state index in [1.807, 2.05) is 20.8 Å². The highest BCUT2D eigenvalue weighted by Crippen LogP contribution is 2.28. The number of halogens is 3. The largest absolute Gasteiger partial charge is 0.439 e. The van der Waals surface area contributed by atoms with Crippen LogP contribution < -0.4 is 4.74 Å². The van der Waals surface area contributed by atoms with Gasteiger partial charge in [-0.1, -0.05) is 32.4 Å². The van der Waals surface area contributed by atoms with Crippen LogP contribution in [0.5, 0.6) is 11.6 Å². The maximum atomic E-state index is 13.2. The highest BCUT2D eigenvalue weighted by atomic mass is 79.9. The van der Waals surface area contributed by atoms with Gasteiger partial charge in [-0.05, 0) is 34.1 Å². The number of hydrogen-bond donors (Lipinski definition) is 0. The Labute approximate surface area is 130 Å². The van der Waals surface area contributed by atoms with Crippen molar-refractivity contribution in [1.29, 1.82) is 0 Å². The molecule has 6 heteroatoms. The highest BCUT2D eigenvalue weighted by molar-refractivity contribution is 9.10. The van der Waals surface area contributed by atoms with Gasteiger partial charge in [0.05, 0.1) is 4.47 Å². The standard InChI is InChI=1S/C14H13BrClFN2O/c1-14(2,3)13-18-11(16)7-12(19-13)20-8-4-5-10(17)9(15)6-8/h4-7H,1-3H3. The summed E-state index contributed by atoms with van der Waals surface area (Å²) in [6.45, 7) is 5.95. The first-order chi connectivity index (χ1) is 9.25. The quantitative estimate of drug-likeness (QED) is 0.698. The van der Waals surface area contributed by atoms with E-state index in [4.69, 9.17) is 16.3 Å². The second kappa shape index (κ2) is 5.66. The summed E-state index contributed by atoms with van der Waals surface area (Å²) in [6.07, 6.45) is 0. The molecule has 1 aromatic heterocycles. The van der Waals surface area contributed by atoms with Gasteiger partial charge < -0.3 is 4.74 Å². The smallest absolute Gasteiger partial charge is 0.224 e. The summed E-state index contributed by atoms with van der Waals surface area (Å²) in [7, 11) is 0. The number of aromatic nitrogens is 2. The summed E-state index contributed by atoms with van der Waals surface area (Å²) in [4.78, 5) is 8.51. The predicted molar refractivity (Wildman–Crippen MR) is 79.9 cm³/mol. The number of ether oxygens (including phenoxy) is 1. The van der Waals surface area contributed by atoms with Crippen LogP contribution in [0.1, 0.15) is 26.6 Å². The minimum absolute atomic E-state index is 0.244. The van der Waals surface area contributed by atoms with E-state index in [2.05, 4.69) is 25.9 Å². The SMILES string of the molecule is CC(C)(C)c1nc(Cl)cc(Oc2ccc(F)c(Br)c2)n1. The summed E-state index contributed by atoms with van der Waals surface area (Å²) >= 11 is 9.08. The van der Waals surface area contributed by atoms with Crippen LogP contribution in [0.15, 0.2) is 28.7 Å². The molecule has 0 spiro atoms. The van der Waals surface area contributed by atoms with Crippen LogP contribution in [-0.4, -0.2) is 9.97 Å². The van der Waals surface area contributed by atoms with Gasteiger partial charge >= 0.3 is 0 Å². The van der Waals surface area contributed by atoms with Crippen molar-refractivity contribution in [2.45, 2.75) is 26.2 Å². The van der Waals surface area contributed by atoms with Crippen LogP contribution in [0.2, 0.25) is 5.15 Å². The van der Waals surface area contributed by atoms with Crippen LogP contribution in [0.25, 0.3) is 0 Å². The molecule has 0 radical (unpaired) electrons. The zero-order valence-electron chi connectivity index (χ0n) is 11.2. The van der Waals surface area contributed by atoms with Crippen molar-refractivity contribution in [3.8, 4) is 11.6 Å². The normalized spacial score (nSPS) is 11.5. The summed E-state index contributed by atoms with van der Waals surface area (Å²) in [5.74, 6) is 1.02. The van der Waals surface area contributed by atoms with Crippen LogP contribution >= 0.6 is 27.5 Å². The molecule has 1 heterocycles. The fourth-order valence-corrected chi connectivity index (χ4v) is 1.98. The third-order valence-corrected chi connectivity index (χ3v) is 3.26. The minimum atomic E-state index is -0.353. The molecule has 106 valence electrons. The Hall–Kier alpha value is -1.20. The molecule has 0 bridgehead atoms. The maximum absolute atomic E-state index is 13.2. The lowest BCUT2D eigenvalue weighted by molar-refractivity contribution is 0.444. The zero-order chi connectivity index (χ0) is 14.9. The van der Waals surface area contributed by atoms with Gasteiger partial charge in [-0.3, -0.25) is 0 Å². The molecular formula is C14H13BrClFN2O. The summed E-state index contributed by atoms with van der Waals surface area (Å²) in [5, 5.41) is 0.307. The third-order valence-electron chi connectivity index (χ3n) is 2.46. The van der Waals surface area contributed by atoms with E-state index in [9.17, 15) is 4.39 Å². The minimum Gasteiger partial charge on any atom is -0.439 e. The summed E-state index contributed by atoms with van der Waals surface area (Å²) in [5.41, 5.74) is -0.244. The van der Waals surface area contributed by atoms with E-state index in [-0.39, 0.29) is 11.2 Å². The number of nitrogens with zero attached hydrogens (tertiary/aromatic N) is 2. The van der Waals surface area contributed by atoms with Crippen molar-refractivity contribution in [3.63, 3.8) is 0 Å². The van der Waals surface area contributed by atoms with Gasteiger partial charge in [0.1, 0.15) is 22.5 Å². The number of benzene rings is 1. The van der Waals surface area contributed by atoms with Gasteiger partial charge in [0.25, 0.3) is 0 Å². The molecule has 1 aromatic carbocycles. The molecule has 20 heavy (non-hydrogen) atoms. The topological polar surface area (TPSA) is 35.0 Å². The molecule has 3 nitrogen and oxygen atoms in total. The van der Waals surface area contributed by atoms with E-state index in [0.717, 1.165) is 0 Å².